The molecule has 0 spiro atoms. The molecule has 0 aliphatic heterocycles. The van der Waals surface area contributed by atoms with Crippen molar-refractivity contribution in [2.75, 3.05) is 0 Å². The van der Waals surface area contributed by atoms with Crippen molar-refractivity contribution in [3.05, 3.63) is 29.8 Å². The number of hydrogen-bond donors (Lipinski definition) is 1. The van der Waals surface area contributed by atoms with E-state index in [9.17, 15) is 5.26 Å². The van der Waals surface area contributed by atoms with Gasteiger partial charge in [-0.15, -0.1) is 11.3 Å². The normalized spacial score (nSPS) is 16.7. The van der Waals surface area contributed by atoms with Gasteiger partial charge in [0.05, 0.1) is 21.6 Å². The lowest BCUT2D eigenvalue weighted by Crippen LogP contribution is -2.08. The second kappa shape index (κ2) is 6.09. The quantitative estimate of drug-likeness (QED) is 0.777. The Balaban J connectivity index is 1.70. The van der Waals surface area contributed by atoms with Crippen LogP contribution in [0.1, 0.15) is 43.0 Å². The van der Waals surface area contributed by atoms with Gasteiger partial charge in [-0.2, -0.15) is 5.26 Å². The van der Waals surface area contributed by atoms with Gasteiger partial charge in [0.25, 0.3) is 0 Å². The maximum Gasteiger partial charge on any atom is 0.141 e. The highest BCUT2D eigenvalue weighted by atomic mass is 32.1. The van der Waals surface area contributed by atoms with Crippen molar-refractivity contribution in [2.24, 2.45) is 5.92 Å². The van der Waals surface area contributed by atoms with Crippen LogP contribution in [0.25, 0.3) is 21.6 Å². The summed E-state index contributed by atoms with van der Waals surface area (Å²) in [6, 6.07) is 4.35. The lowest BCUT2D eigenvalue weighted by atomic mass is 9.89. The Labute approximate surface area is 138 Å². The minimum atomic E-state index is 0.268. The van der Waals surface area contributed by atoms with Gasteiger partial charge in [-0.3, -0.25) is 0 Å². The second-order valence-corrected chi connectivity index (χ2v) is 7.10. The van der Waals surface area contributed by atoms with Crippen LogP contribution in [-0.4, -0.2) is 19.9 Å². The number of aromatic amines is 1. The predicted molar refractivity (Wildman–Crippen MR) is 89.9 cm³/mol. The zero-order valence-electron chi connectivity index (χ0n) is 12.7. The van der Waals surface area contributed by atoms with Crippen molar-refractivity contribution in [1.29, 1.82) is 5.26 Å². The molecule has 0 bridgehead atoms. The molecule has 23 heavy (non-hydrogen) atoms. The number of rotatable bonds is 4. The third-order valence-electron chi connectivity index (χ3n) is 4.71. The molecule has 4 rings (SSSR count). The first kappa shape index (κ1) is 14.3. The molecule has 0 amide bonds. The number of thiazole rings is 1. The average Bonchev–Trinajstić information content (AvgIpc) is 3.32. The van der Waals surface area contributed by atoms with Crippen LogP contribution in [0.2, 0.25) is 0 Å². The lowest BCUT2D eigenvalue weighted by molar-refractivity contribution is 0.438. The van der Waals surface area contributed by atoms with Gasteiger partial charge in [-0.05, 0) is 24.8 Å². The van der Waals surface area contributed by atoms with E-state index in [2.05, 4.69) is 26.0 Å². The van der Waals surface area contributed by atoms with Gasteiger partial charge in [-0.25, -0.2) is 15.0 Å². The summed E-state index contributed by atoms with van der Waals surface area (Å²) in [6.07, 6.45) is 10.9. The van der Waals surface area contributed by atoms with E-state index in [1.165, 1.54) is 25.7 Å². The molecule has 116 valence electrons. The first-order chi connectivity index (χ1) is 11.4. The summed E-state index contributed by atoms with van der Waals surface area (Å²) in [5.74, 6) is 0.871. The minimum Gasteiger partial charge on any atom is -0.346 e. The van der Waals surface area contributed by atoms with E-state index in [-0.39, 0.29) is 5.92 Å². The number of nitrogens with zero attached hydrogens (tertiary/aromatic N) is 4. The Bertz CT molecular complexity index is 853. The van der Waals surface area contributed by atoms with Gasteiger partial charge in [-0.1, -0.05) is 12.8 Å². The SMILES string of the molecule is N#CC[C@H](c1ncc(-c2ncnc3[nH]ccc23)s1)C1CCCC1. The highest BCUT2D eigenvalue weighted by molar-refractivity contribution is 7.15. The number of nitrogens with one attached hydrogen (secondary N) is 1. The molecule has 1 aliphatic carbocycles. The highest BCUT2D eigenvalue weighted by Gasteiger charge is 2.28. The fraction of sp³-hybridized carbons (Fsp3) is 0.412. The van der Waals surface area contributed by atoms with E-state index in [1.807, 2.05) is 18.5 Å². The zero-order chi connectivity index (χ0) is 15.6. The van der Waals surface area contributed by atoms with Crippen LogP contribution in [0.5, 0.6) is 0 Å². The molecule has 0 unspecified atom stereocenters. The monoisotopic (exact) mass is 323 g/mol. The molecule has 1 fully saturated rings. The van der Waals surface area contributed by atoms with Crippen LogP contribution in [0.15, 0.2) is 24.8 Å². The zero-order valence-corrected chi connectivity index (χ0v) is 13.5. The largest absolute Gasteiger partial charge is 0.346 e. The van der Waals surface area contributed by atoms with E-state index in [1.54, 1.807) is 17.7 Å². The Morgan fingerprint density at radius 3 is 3.00 bits per heavy atom. The second-order valence-electron chi connectivity index (χ2n) is 6.04. The Morgan fingerprint density at radius 2 is 2.17 bits per heavy atom. The van der Waals surface area contributed by atoms with Crippen molar-refractivity contribution in [3.63, 3.8) is 0 Å². The van der Waals surface area contributed by atoms with Crippen molar-refractivity contribution in [2.45, 2.75) is 38.0 Å². The van der Waals surface area contributed by atoms with Crippen LogP contribution < -0.4 is 0 Å². The van der Waals surface area contributed by atoms with Gasteiger partial charge >= 0.3 is 0 Å². The van der Waals surface area contributed by atoms with Crippen LogP contribution >= 0.6 is 11.3 Å². The van der Waals surface area contributed by atoms with E-state index in [4.69, 9.17) is 0 Å². The van der Waals surface area contributed by atoms with Gasteiger partial charge in [0.2, 0.25) is 0 Å². The molecule has 3 aromatic rings. The Morgan fingerprint density at radius 1 is 1.30 bits per heavy atom. The van der Waals surface area contributed by atoms with Gasteiger partial charge in [0.1, 0.15) is 12.0 Å². The van der Waals surface area contributed by atoms with Crippen molar-refractivity contribution in [3.8, 4) is 16.6 Å². The van der Waals surface area contributed by atoms with E-state index in [0.717, 1.165) is 26.6 Å². The van der Waals surface area contributed by atoms with Gasteiger partial charge in [0, 0.05) is 30.1 Å². The number of hydrogen-bond acceptors (Lipinski definition) is 5. The molecule has 3 aromatic heterocycles. The minimum absolute atomic E-state index is 0.268. The summed E-state index contributed by atoms with van der Waals surface area (Å²) < 4.78 is 0. The maximum absolute atomic E-state index is 9.20. The molecule has 1 saturated carbocycles. The smallest absolute Gasteiger partial charge is 0.141 e. The fourth-order valence-electron chi connectivity index (χ4n) is 3.55. The first-order valence-electron chi connectivity index (χ1n) is 7.98. The molecule has 5 nitrogen and oxygen atoms in total. The number of nitriles is 1. The summed E-state index contributed by atoms with van der Waals surface area (Å²) in [6.45, 7) is 0. The molecule has 1 atom stereocenters. The van der Waals surface area contributed by atoms with Crippen LogP contribution in [0, 0.1) is 17.2 Å². The molecule has 1 aliphatic rings. The number of aromatic nitrogens is 4. The third-order valence-corrected chi connectivity index (χ3v) is 5.84. The Kier molecular flexibility index (Phi) is 3.80. The lowest BCUT2D eigenvalue weighted by Gasteiger charge is -2.18. The van der Waals surface area contributed by atoms with E-state index < -0.39 is 0 Å². The molecule has 3 heterocycles. The number of H-pyrrole nitrogens is 1. The Hall–Kier alpha value is -2.26. The van der Waals surface area contributed by atoms with Gasteiger partial charge in [0.15, 0.2) is 0 Å². The molecule has 0 radical (unpaired) electrons. The van der Waals surface area contributed by atoms with Crippen LogP contribution in [0.4, 0.5) is 0 Å². The summed E-state index contributed by atoms with van der Waals surface area (Å²) in [4.78, 5) is 17.5. The summed E-state index contributed by atoms with van der Waals surface area (Å²) in [7, 11) is 0. The molecule has 0 aromatic carbocycles. The van der Waals surface area contributed by atoms with E-state index >= 15 is 0 Å². The molecular formula is C17H17N5S. The van der Waals surface area contributed by atoms with Crippen molar-refractivity contribution in [1.82, 2.24) is 19.9 Å². The first-order valence-corrected chi connectivity index (χ1v) is 8.79. The third kappa shape index (κ3) is 2.62. The van der Waals surface area contributed by atoms with Crippen LogP contribution in [0.3, 0.4) is 0 Å². The molecule has 1 N–H and O–H groups in total. The summed E-state index contributed by atoms with van der Waals surface area (Å²) in [5, 5.41) is 11.3. The fourth-order valence-corrected chi connectivity index (χ4v) is 4.67. The van der Waals surface area contributed by atoms with Crippen LogP contribution in [-0.2, 0) is 0 Å². The summed E-state index contributed by atoms with van der Waals surface area (Å²) >= 11 is 1.67. The molecule has 0 saturated heterocycles. The molecule has 6 heteroatoms. The predicted octanol–water partition coefficient (Wildman–Crippen LogP) is 4.27. The average molecular weight is 323 g/mol. The molecular weight excluding hydrogens is 306 g/mol. The maximum atomic E-state index is 9.20. The van der Waals surface area contributed by atoms with Gasteiger partial charge < -0.3 is 4.98 Å². The van der Waals surface area contributed by atoms with Crippen molar-refractivity contribution < 1.29 is 0 Å². The topological polar surface area (TPSA) is 78.2 Å². The summed E-state index contributed by atoms with van der Waals surface area (Å²) in [5.41, 5.74) is 1.76. The highest BCUT2D eigenvalue weighted by Crippen LogP contribution is 2.42. The standard InChI is InChI=1S/C17H17N5S/c18-7-5-12(11-3-1-2-4-11)17-20-9-14(23-17)15-13-6-8-19-16(13)22-10-21-15/h6,8-12H,1-5H2,(H,19,21,22)/t12-/m0/s1. The van der Waals surface area contributed by atoms with E-state index in [0.29, 0.717) is 12.3 Å². The van der Waals surface area contributed by atoms with Crippen molar-refractivity contribution >= 4 is 22.4 Å². The number of fused-ring (bicyclic) bond motifs is 1.